The van der Waals surface area contributed by atoms with E-state index in [9.17, 15) is 8.42 Å². The van der Waals surface area contributed by atoms with E-state index in [0.29, 0.717) is 50.2 Å². The van der Waals surface area contributed by atoms with Gasteiger partial charge in [-0.15, -0.1) is 0 Å². The quantitative estimate of drug-likeness (QED) is 0.597. The van der Waals surface area contributed by atoms with Crippen LogP contribution < -0.4 is 10.1 Å². The van der Waals surface area contributed by atoms with Crippen molar-refractivity contribution < 1.29 is 13.2 Å². The molecule has 0 amide bonds. The smallest absolute Gasteiger partial charge is 0.243 e. The lowest BCUT2D eigenvalue weighted by molar-refractivity contribution is 0.264. The maximum atomic E-state index is 12.8. The number of benzene rings is 1. The Hall–Kier alpha value is -1.64. The van der Waals surface area contributed by atoms with E-state index in [0.717, 1.165) is 5.57 Å². The molecule has 1 fully saturated rings. The molecule has 0 unspecified atom stereocenters. The van der Waals surface area contributed by atoms with Crippen LogP contribution in [-0.4, -0.2) is 62.1 Å². The third-order valence-corrected chi connectivity index (χ3v) is 6.16. The summed E-state index contributed by atoms with van der Waals surface area (Å²) in [7, 11) is -3.50. The lowest BCUT2D eigenvalue weighted by atomic mass is 10.3. The van der Waals surface area contributed by atoms with Crippen LogP contribution >= 0.6 is 12.2 Å². The molecular weight excluding hydrogens is 358 g/mol. The standard InChI is InChI=1S/C17H25N3O3S2/c1-4-23-15-5-7-16(8-6-15)25(21,22)20-11-9-19(10-12-20)17(24)18-13-14(2)3/h5-8H,2,4,9-13H2,1,3H3,(H,18,24). The van der Waals surface area contributed by atoms with E-state index in [4.69, 9.17) is 17.0 Å². The lowest BCUT2D eigenvalue weighted by Crippen LogP contribution is -2.53. The molecule has 1 heterocycles. The molecule has 1 aromatic carbocycles. The Bertz CT molecular complexity index is 709. The minimum atomic E-state index is -3.50. The van der Waals surface area contributed by atoms with Gasteiger partial charge < -0.3 is 15.0 Å². The number of thiocarbonyl (C=S) groups is 1. The molecule has 0 spiro atoms. The van der Waals surface area contributed by atoms with Crippen LogP contribution in [0.4, 0.5) is 0 Å². The molecule has 0 saturated carbocycles. The summed E-state index contributed by atoms with van der Waals surface area (Å²) < 4.78 is 32.4. The molecule has 0 radical (unpaired) electrons. The zero-order valence-electron chi connectivity index (χ0n) is 14.7. The summed E-state index contributed by atoms with van der Waals surface area (Å²) in [6.45, 7) is 10.8. The van der Waals surface area contributed by atoms with Gasteiger partial charge in [0.25, 0.3) is 0 Å². The third-order valence-electron chi connectivity index (χ3n) is 3.84. The fourth-order valence-electron chi connectivity index (χ4n) is 2.49. The summed E-state index contributed by atoms with van der Waals surface area (Å²) in [6, 6.07) is 6.55. The molecule has 1 N–H and O–H groups in total. The summed E-state index contributed by atoms with van der Waals surface area (Å²) in [5.74, 6) is 0.667. The first kappa shape index (κ1) is 19.7. The topological polar surface area (TPSA) is 61.9 Å². The van der Waals surface area contributed by atoms with E-state index in [1.807, 2.05) is 18.7 Å². The van der Waals surface area contributed by atoms with Gasteiger partial charge in [0.2, 0.25) is 10.0 Å². The Balaban J connectivity index is 1.96. The number of hydrogen-bond acceptors (Lipinski definition) is 4. The summed E-state index contributed by atoms with van der Waals surface area (Å²) in [4.78, 5) is 2.27. The van der Waals surface area contributed by atoms with Crippen molar-refractivity contribution in [2.45, 2.75) is 18.7 Å². The molecule has 138 valence electrons. The van der Waals surface area contributed by atoms with Gasteiger partial charge >= 0.3 is 0 Å². The van der Waals surface area contributed by atoms with Crippen molar-refractivity contribution in [3.05, 3.63) is 36.4 Å². The first-order chi connectivity index (χ1) is 11.8. The van der Waals surface area contributed by atoms with Crippen molar-refractivity contribution in [1.82, 2.24) is 14.5 Å². The second kappa shape index (κ2) is 8.64. The predicted molar refractivity (Wildman–Crippen MR) is 103 cm³/mol. The van der Waals surface area contributed by atoms with Gasteiger partial charge in [-0.25, -0.2) is 8.42 Å². The molecule has 2 rings (SSSR count). The van der Waals surface area contributed by atoms with Crippen molar-refractivity contribution in [3.63, 3.8) is 0 Å². The van der Waals surface area contributed by atoms with Gasteiger partial charge in [-0.2, -0.15) is 4.31 Å². The average Bonchev–Trinajstić information content (AvgIpc) is 2.60. The Morgan fingerprint density at radius 1 is 1.24 bits per heavy atom. The van der Waals surface area contributed by atoms with Crippen molar-refractivity contribution >= 4 is 27.4 Å². The highest BCUT2D eigenvalue weighted by molar-refractivity contribution is 7.89. The maximum Gasteiger partial charge on any atom is 0.243 e. The molecule has 1 aliphatic rings. The van der Waals surface area contributed by atoms with Gasteiger partial charge in [-0.05, 0) is 50.3 Å². The molecule has 8 heteroatoms. The second-order valence-electron chi connectivity index (χ2n) is 5.91. The van der Waals surface area contributed by atoms with Gasteiger partial charge in [-0.3, -0.25) is 0 Å². The monoisotopic (exact) mass is 383 g/mol. The van der Waals surface area contributed by atoms with Crippen LogP contribution in [0.25, 0.3) is 0 Å². The van der Waals surface area contributed by atoms with Gasteiger partial charge in [0.1, 0.15) is 5.75 Å². The van der Waals surface area contributed by atoms with Crippen LogP contribution in [0.1, 0.15) is 13.8 Å². The van der Waals surface area contributed by atoms with Crippen LogP contribution in [0.3, 0.4) is 0 Å². The predicted octanol–water partition coefficient (Wildman–Crippen LogP) is 1.84. The van der Waals surface area contributed by atoms with Crippen LogP contribution in [0.15, 0.2) is 41.3 Å². The highest BCUT2D eigenvalue weighted by Crippen LogP contribution is 2.21. The molecule has 0 atom stereocenters. The van der Waals surface area contributed by atoms with E-state index < -0.39 is 10.0 Å². The van der Waals surface area contributed by atoms with Crippen molar-refractivity contribution in [1.29, 1.82) is 0 Å². The van der Waals surface area contributed by atoms with Gasteiger partial charge in [0, 0.05) is 32.7 Å². The SMILES string of the molecule is C=C(C)CNC(=S)N1CCN(S(=O)(=O)c2ccc(OCC)cc2)CC1. The van der Waals surface area contributed by atoms with Gasteiger partial charge in [0.05, 0.1) is 11.5 Å². The van der Waals surface area contributed by atoms with Gasteiger partial charge in [-0.1, -0.05) is 12.2 Å². The molecule has 1 saturated heterocycles. The minimum Gasteiger partial charge on any atom is -0.494 e. The average molecular weight is 384 g/mol. The summed E-state index contributed by atoms with van der Waals surface area (Å²) in [6.07, 6.45) is 0. The fourth-order valence-corrected chi connectivity index (χ4v) is 4.17. The number of nitrogens with one attached hydrogen (secondary N) is 1. The maximum absolute atomic E-state index is 12.8. The van der Waals surface area contributed by atoms with Gasteiger partial charge in [0.15, 0.2) is 5.11 Å². The van der Waals surface area contributed by atoms with Crippen LogP contribution in [-0.2, 0) is 10.0 Å². The summed E-state index contributed by atoms with van der Waals surface area (Å²) in [5.41, 5.74) is 0.999. The van der Waals surface area contributed by atoms with E-state index in [1.54, 1.807) is 24.3 Å². The zero-order chi connectivity index (χ0) is 18.4. The highest BCUT2D eigenvalue weighted by Gasteiger charge is 2.29. The van der Waals surface area contributed by atoms with Crippen molar-refractivity contribution in [2.75, 3.05) is 39.3 Å². The van der Waals surface area contributed by atoms with E-state index >= 15 is 0 Å². The Labute approximate surface area is 155 Å². The summed E-state index contributed by atoms with van der Waals surface area (Å²) in [5, 5.41) is 3.77. The molecule has 1 aromatic rings. The van der Waals surface area contributed by atoms with Crippen LogP contribution in [0.2, 0.25) is 0 Å². The molecule has 0 bridgehead atoms. The number of piperazine rings is 1. The number of rotatable bonds is 6. The number of ether oxygens (including phenoxy) is 1. The largest absolute Gasteiger partial charge is 0.494 e. The first-order valence-electron chi connectivity index (χ1n) is 8.24. The molecule has 0 aromatic heterocycles. The number of hydrogen-bond donors (Lipinski definition) is 1. The highest BCUT2D eigenvalue weighted by atomic mass is 32.2. The van der Waals surface area contributed by atoms with Crippen LogP contribution in [0, 0.1) is 0 Å². The van der Waals surface area contributed by atoms with E-state index in [2.05, 4.69) is 11.9 Å². The van der Waals surface area contributed by atoms with E-state index in [-0.39, 0.29) is 4.90 Å². The Morgan fingerprint density at radius 2 is 1.84 bits per heavy atom. The van der Waals surface area contributed by atoms with Crippen molar-refractivity contribution in [3.8, 4) is 5.75 Å². The lowest BCUT2D eigenvalue weighted by Gasteiger charge is -2.35. The third kappa shape index (κ3) is 5.17. The zero-order valence-corrected chi connectivity index (χ0v) is 16.3. The number of sulfonamides is 1. The molecule has 1 aliphatic heterocycles. The van der Waals surface area contributed by atoms with E-state index in [1.165, 1.54) is 4.31 Å². The Morgan fingerprint density at radius 3 is 2.36 bits per heavy atom. The fraction of sp³-hybridized carbons (Fsp3) is 0.471. The summed E-state index contributed by atoms with van der Waals surface area (Å²) >= 11 is 5.35. The number of nitrogens with zero attached hydrogens (tertiary/aromatic N) is 2. The molecule has 25 heavy (non-hydrogen) atoms. The second-order valence-corrected chi connectivity index (χ2v) is 8.24. The first-order valence-corrected chi connectivity index (χ1v) is 10.1. The molecule has 6 nitrogen and oxygen atoms in total. The normalized spacial score (nSPS) is 15.7. The Kier molecular flexibility index (Phi) is 6.80. The van der Waals surface area contributed by atoms with Crippen molar-refractivity contribution in [2.24, 2.45) is 0 Å². The molecular formula is C17H25N3O3S2. The van der Waals surface area contributed by atoms with Crippen LogP contribution in [0.5, 0.6) is 5.75 Å². The minimum absolute atomic E-state index is 0.285. The molecule has 0 aliphatic carbocycles.